The number of hydrogen-bond acceptors (Lipinski definition) is 2. The maximum atomic E-state index is 10.9. The molecule has 0 radical (unpaired) electrons. The topological polar surface area (TPSA) is 29.1 Å². The van der Waals surface area contributed by atoms with Crippen LogP contribution in [0.25, 0.3) is 0 Å². The summed E-state index contributed by atoms with van der Waals surface area (Å²) in [6, 6.07) is 3.79. The molecule has 1 aromatic carbocycles. The fraction of sp³-hybridized carbons (Fsp3) is 0.500. The summed E-state index contributed by atoms with van der Waals surface area (Å²) in [5, 5.41) is 3.68. The smallest absolute Gasteiger partial charge is 0.152 e. The molecule has 0 unspecified atom stereocenters. The minimum absolute atomic E-state index is 0.620. The highest BCUT2D eigenvalue weighted by Gasteiger charge is 2.09. The molecule has 1 N–H and O–H groups in total. The average molecular weight is 254 g/mol. The van der Waals surface area contributed by atoms with Gasteiger partial charge in [-0.3, -0.25) is 4.79 Å². The molecule has 1 rings (SSSR count). The number of hydrogen-bond donors (Lipinski definition) is 1. The summed E-state index contributed by atoms with van der Waals surface area (Å²) in [5.41, 5.74) is 2.49. The Morgan fingerprint density at radius 1 is 1.29 bits per heavy atom. The molecular formula is C14H20ClNO. The molecule has 0 aliphatic rings. The van der Waals surface area contributed by atoms with Gasteiger partial charge < -0.3 is 5.32 Å². The van der Waals surface area contributed by atoms with Crippen LogP contribution in [0.15, 0.2) is 12.1 Å². The average Bonchev–Trinajstić information content (AvgIpc) is 2.35. The monoisotopic (exact) mass is 253 g/mol. The molecule has 0 aliphatic carbocycles. The molecule has 0 bridgehead atoms. The van der Waals surface area contributed by atoms with Crippen LogP contribution in [-0.2, 0) is 6.42 Å². The molecule has 2 nitrogen and oxygen atoms in total. The van der Waals surface area contributed by atoms with Crippen molar-refractivity contribution in [2.75, 3.05) is 12.4 Å². The lowest BCUT2D eigenvalue weighted by Crippen LogP contribution is -1.99. The van der Waals surface area contributed by atoms with Crippen molar-refractivity contribution < 1.29 is 4.79 Å². The van der Waals surface area contributed by atoms with Gasteiger partial charge in [0.2, 0.25) is 0 Å². The normalized spacial score (nSPS) is 10.3. The molecule has 3 heteroatoms. The van der Waals surface area contributed by atoms with Crippen molar-refractivity contribution in [3.05, 3.63) is 28.3 Å². The van der Waals surface area contributed by atoms with Crippen LogP contribution in [0, 0.1) is 0 Å². The van der Waals surface area contributed by atoms with Crippen molar-refractivity contribution in [1.82, 2.24) is 0 Å². The number of anilines is 1. The lowest BCUT2D eigenvalue weighted by Gasteiger charge is -2.11. The Morgan fingerprint density at radius 3 is 2.65 bits per heavy atom. The van der Waals surface area contributed by atoms with Crippen molar-refractivity contribution in [1.29, 1.82) is 0 Å². The number of aldehydes is 1. The van der Waals surface area contributed by atoms with Crippen LogP contribution in [0.1, 0.15) is 48.5 Å². The van der Waals surface area contributed by atoms with Gasteiger partial charge in [0.1, 0.15) is 0 Å². The van der Waals surface area contributed by atoms with E-state index >= 15 is 0 Å². The number of carbonyl (C=O) groups is 1. The highest BCUT2D eigenvalue weighted by molar-refractivity contribution is 6.34. The summed E-state index contributed by atoms with van der Waals surface area (Å²) in [4.78, 5) is 10.9. The van der Waals surface area contributed by atoms with E-state index in [0.717, 1.165) is 30.4 Å². The predicted octanol–water partition coefficient (Wildman–Crippen LogP) is 4.32. The van der Waals surface area contributed by atoms with Crippen molar-refractivity contribution in [3.63, 3.8) is 0 Å². The molecule has 94 valence electrons. The quantitative estimate of drug-likeness (QED) is 0.579. The first-order valence-electron chi connectivity index (χ1n) is 6.18. The van der Waals surface area contributed by atoms with Crippen molar-refractivity contribution >= 4 is 23.6 Å². The second kappa shape index (κ2) is 7.33. The van der Waals surface area contributed by atoms with Crippen LogP contribution >= 0.6 is 11.6 Å². The Bertz CT molecular complexity index is 377. The van der Waals surface area contributed by atoms with Gasteiger partial charge in [0.15, 0.2) is 6.29 Å². The Morgan fingerprint density at radius 2 is 2.06 bits per heavy atom. The maximum Gasteiger partial charge on any atom is 0.152 e. The SMILES string of the molecule is CCCCCCc1ccc(C=O)c(NC)c1Cl. The molecule has 0 saturated carbocycles. The number of rotatable bonds is 7. The largest absolute Gasteiger partial charge is 0.386 e. The minimum Gasteiger partial charge on any atom is -0.386 e. The Labute approximate surface area is 108 Å². The maximum absolute atomic E-state index is 10.9. The number of unbranched alkanes of at least 4 members (excludes halogenated alkanes) is 3. The summed E-state index contributed by atoms with van der Waals surface area (Å²) < 4.78 is 0. The minimum atomic E-state index is 0.620. The summed E-state index contributed by atoms with van der Waals surface area (Å²) in [6.45, 7) is 2.20. The number of benzene rings is 1. The summed E-state index contributed by atoms with van der Waals surface area (Å²) >= 11 is 6.28. The van der Waals surface area contributed by atoms with Gasteiger partial charge in [-0.05, 0) is 24.5 Å². The van der Waals surface area contributed by atoms with Crippen LogP contribution in [-0.4, -0.2) is 13.3 Å². The third-order valence-corrected chi connectivity index (χ3v) is 3.36. The van der Waals surface area contributed by atoms with Crippen molar-refractivity contribution in [2.45, 2.75) is 39.0 Å². The standard InChI is InChI=1S/C14H20ClNO/c1-3-4-5-6-7-11-8-9-12(10-17)14(16-2)13(11)15/h8-10,16H,3-7H2,1-2H3. The molecule has 0 aromatic heterocycles. The zero-order valence-corrected chi connectivity index (χ0v) is 11.3. The van der Waals surface area contributed by atoms with E-state index in [-0.39, 0.29) is 0 Å². The van der Waals surface area contributed by atoms with E-state index in [1.165, 1.54) is 19.3 Å². The Kier molecular flexibility index (Phi) is 6.06. The van der Waals surface area contributed by atoms with E-state index in [1.54, 1.807) is 7.05 Å². The zero-order valence-electron chi connectivity index (χ0n) is 10.6. The van der Waals surface area contributed by atoms with Gasteiger partial charge in [0.05, 0.1) is 10.7 Å². The molecule has 17 heavy (non-hydrogen) atoms. The fourth-order valence-corrected chi connectivity index (χ4v) is 2.28. The molecule has 1 aromatic rings. The lowest BCUT2D eigenvalue weighted by atomic mass is 10.0. The molecule has 0 saturated heterocycles. The molecule has 0 spiro atoms. The van der Waals surface area contributed by atoms with Crippen LogP contribution in [0.4, 0.5) is 5.69 Å². The number of halogens is 1. The van der Waals surface area contributed by atoms with Gasteiger partial charge in [-0.2, -0.15) is 0 Å². The molecular weight excluding hydrogens is 234 g/mol. The van der Waals surface area contributed by atoms with Gasteiger partial charge in [-0.15, -0.1) is 0 Å². The molecule has 0 atom stereocenters. The second-order valence-corrected chi connectivity index (χ2v) is 4.56. The molecule has 0 fully saturated rings. The van der Waals surface area contributed by atoms with Gasteiger partial charge in [0.25, 0.3) is 0 Å². The molecule has 0 heterocycles. The highest BCUT2D eigenvalue weighted by atomic mass is 35.5. The third kappa shape index (κ3) is 3.74. The van der Waals surface area contributed by atoms with Crippen LogP contribution in [0.5, 0.6) is 0 Å². The van der Waals surface area contributed by atoms with E-state index in [9.17, 15) is 4.79 Å². The van der Waals surface area contributed by atoms with Gasteiger partial charge in [-0.25, -0.2) is 0 Å². The number of carbonyl (C=O) groups excluding carboxylic acids is 1. The second-order valence-electron chi connectivity index (χ2n) is 4.18. The third-order valence-electron chi connectivity index (χ3n) is 2.93. The Balaban J connectivity index is 2.76. The first kappa shape index (κ1) is 14.0. The van der Waals surface area contributed by atoms with E-state index < -0.39 is 0 Å². The van der Waals surface area contributed by atoms with Gasteiger partial charge in [-0.1, -0.05) is 43.9 Å². The molecule has 0 aliphatic heterocycles. The van der Waals surface area contributed by atoms with Crippen LogP contribution in [0.2, 0.25) is 5.02 Å². The first-order chi connectivity index (χ1) is 8.24. The van der Waals surface area contributed by atoms with Crippen LogP contribution in [0.3, 0.4) is 0 Å². The summed E-state index contributed by atoms with van der Waals surface area (Å²) in [6.07, 6.45) is 6.70. The fourth-order valence-electron chi connectivity index (χ4n) is 1.92. The predicted molar refractivity (Wildman–Crippen MR) is 74.2 cm³/mol. The van der Waals surface area contributed by atoms with Gasteiger partial charge >= 0.3 is 0 Å². The van der Waals surface area contributed by atoms with E-state index in [1.807, 2.05) is 12.1 Å². The summed E-state index contributed by atoms with van der Waals surface area (Å²) in [5.74, 6) is 0. The lowest BCUT2D eigenvalue weighted by molar-refractivity contribution is 0.112. The van der Waals surface area contributed by atoms with Gasteiger partial charge in [0, 0.05) is 12.6 Å². The molecule has 0 amide bonds. The number of aryl methyl sites for hydroxylation is 1. The first-order valence-corrected chi connectivity index (χ1v) is 6.56. The van der Waals surface area contributed by atoms with E-state index in [4.69, 9.17) is 11.6 Å². The Hall–Kier alpha value is -1.02. The van der Waals surface area contributed by atoms with Crippen molar-refractivity contribution in [2.24, 2.45) is 0 Å². The van der Waals surface area contributed by atoms with E-state index in [0.29, 0.717) is 10.6 Å². The number of nitrogens with one attached hydrogen (secondary N) is 1. The highest BCUT2D eigenvalue weighted by Crippen LogP contribution is 2.29. The summed E-state index contributed by atoms with van der Waals surface area (Å²) in [7, 11) is 1.79. The van der Waals surface area contributed by atoms with Crippen LogP contribution < -0.4 is 5.32 Å². The van der Waals surface area contributed by atoms with Crippen molar-refractivity contribution in [3.8, 4) is 0 Å². The van der Waals surface area contributed by atoms with E-state index in [2.05, 4.69) is 12.2 Å². The zero-order chi connectivity index (χ0) is 12.7.